The molecule has 37 nitrogen and oxygen atoms in total. The van der Waals surface area contributed by atoms with Crippen molar-refractivity contribution in [2.75, 3.05) is 14.2 Å². The highest BCUT2D eigenvalue weighted by molar-refractivity contribution is 5.77. The number of hydrogen-bond donors (Lipinski definition) is 18. The van der Waals surface area contributed by atoms with Crippen molar-refractivity contribution in [2.45, 2.75) is 184 Å². The van der Waals surface area contributed by atoms with Crippen LogP contribution in [0.1, 0.15) is 0 Å². The van der Waals surface area contributed by atoms with Crippen LogP contribution in [0, 0.1) is 0 Å². The van der Waals surface area contributed by atoms with E-state index in [1.54, 1.807) is 0 Å². The van der Waals surface area contributed by atoms with E-state index in [2.05, 4.69) is 9.47 Å². The van der Waals surface area contributed by atoms with E-state index in [0.29, 0.717) is 0 Å². The Balaban J connectivity index is 1.14. The van der Waals surface area contributed by atoms with Crippen molar-refractivity contribution in [3.05, 3.63) is 0 Å². The zero-order chi connectivity index (χ0) is 56.0. The maximum absolute atomic E-state index is 12.5. The van der Waals surface area contributed by atoms with Crippen LogP contribution in [0.4, 0.5) is 0 Å². The first-order valence-electron chi connectivity index (χ1n) is 21.9. The molecule has 6 heterocycles. The van der Waals surface area contributed by atoms with E-state index in [1.807, 2.05) is 0 Å². The summed E-state index contributed by atoms with van der Waals surface area (Å²) in [6.07, 6.45) is -72.0. The zero-order valence-electron chi connectivity index (χ0n) is 38.1. The Hall–Kier alpha value is -4.18. The van der Waals surface area contributed by atoms with Crippen LogP contribution in [0.15, 0.2) is 0 Å². The minimum Gasteiger partial charge on any atom is -0.479 e. The molecular weight excluding hydrogens is 1050 g/mol. The van der Waals surface area contributed by atoms with Crippen LogP contribution in [-0.4, -0.2) is 326 Å². The molecule has 6 aliphatic heterocycles. The molecule has 0 radical (unpaired) electrons. The van der Waals surface area contributed by atoms with Gasteiger partial charge in [-0.3, -0.25) is 0 Å². The van der Waals surface area contributed by atoms with Crippen molar-refractivity contribution in [1.82, 2.24) is 0 Å². The number of carboxylic acid groups (broad SMARTS) is 4. The molecule has 0 spiro atoms. The SMILES string of the molecule is COC(=O)[C@H]1O[C@H](O[C@@H]2[C@H](O)[C@@H](O)[C@@H](O[C@@H]3[C@H](O)[C@@H](O)[C@@H](O[C@@H]4[C@H](O)[C@@H](O)[C@@H](O[C@@H]5[C@H](O)[C@@H](O)[C@@H](O[C@@H]6[C@H](O)[C@@H](O)[C@@H](O)O[C@@H]6C(=O)OC)O[C@@H]5C(=O)O)O[C@@H]4C(=O)O)O[C@@H]3C(=O)O)O[C@@H]2C(=O)O)[C@H](O)[C@@H](O)[C@H]1O. The fourth-order valence-electron chi connectivity index (χ4n) is 8.55. The lowest BCUT2D eigenvalue weighted by Crippen LogP contribution is -2.69. The Kier molecular flexibility index (Phi) is 19.4. The molecule has 0 bridgehead atoms. The van der Waals surface area contributed by atoms with Crippen molar-refractivity contribution < 1.29 is 182 Å². The smallest absolute Gasteiger partial charge is 0.337 e. The van der Waals surface area contributed by atoms with Crippen LogP contribution < -0.4 is 0 Å². The quantitative estimate of drug-likeness (QED) is 0.0638. The third-order valence-corrected chi connectivity index (χ3v) is 12.6. The summed E-state index contributed by atoms with van der Waals surface area (Å²) in [6, 6.07) is 0. The van der Waals surface area contributed by atoms with Gasteiger partial charge in [0.25, 0.3) is 0 Å². The summed E-state index contributed by atoms with van der Waals surface area (Å²) in [7, 11) is 1.69. The van der Waals surface area contributed by atoms with Crippen molar-refractivity contribution in [3.8, 4) is 0 Å². The van der Waals surface area contributed by atoms with Crippen molar-refractivity contribution >= 4 is 35.8 Å². The average molecular weight is 1100 g/mol. The van der Waals surface area contributed by atoms with Crippen LogP contribution in [0.2, 0.25) is 0 Å². The summed E-state index contributed by atoms with van der Waals surface area (Å²) in [6.45, 7) is 0. The molecule has 428 valence electrons. The first-order chi connectivity index (χ1) is 35.1. The summed E-state index contributed by atoms with van der Waals surface area (Å²) in [5.74, 6) is -10.9. The zero-order valence-corrected chi connectivity index (χ0v) is 38.1. The van der Waals surface area contributed by atoms with E-state index in [0.717, 1.165) is 14.2 Å². The Morgan fingerprint density at radius 2 is 0.507 bits per heavy atom. The van der Waals surface area contributed by atoms with Gasteiger partial charge in [-0.1, -0.05) is 0 Å². The number of aliphatic hydroxyl groups is 14. The van der Waals surface area contributed by atoms with Crippen molar-refractivity contribution in [3.63, 3.8) is 0 Å². The number of rotatable bonds is 16. The number of carbonyl (C=O) groups excluding carboxylic acids is 2. The summed E-state index contributed by atoms with van der Waals surface area (Å²) >= 11 is 0. The predicted molar refractivity (Wildman–Crippen MR) is 211 cm³/mol. The first kappa shape index (κ1) is 60.1. The molecule has 0 aliphatic carbocycles. The molecule has 6 saturated heterocycles. The van der Waals surface area contributed by atoms with Gasteiger partial charge in [-0.25, -0.2) is 28.8 Å². The van der Waals surface area contributed by atoms with E-state index in [9.17, 15) is 121 Å². The molecule has 0 amide bonds. The molecule has 6 rings (SSSR count). The fraction of sp³-hybridized carbons (Fsp3) is 0.842. The number of methoxy groups -OCH3 is 2. The third-order valence-electron chi connectivity index (χ3n) is 12.6. The van der Waals surface area contributed by atoms with Crippen LogP contribution in [0.25, 0.3) is 0 Å². The van der Waals surface area contributed by atoms with Crippen LogP contribution in [0.5, 0.6) is 0 Å². The Labute approximate surface area is 416 Å². The summed E-state index contributed by atoms with van der Waals surface area (Å²) in [4.78, 5) is 74.3. The van der Waals surface area contributed by atoms with Gasteiger partial charge in [0.15, 0.2) is 74.4 Å². The van der Waals surface area contributed by atoms with Crippen LogP contribution >= 0.6 is 0 Å². The van der Waals surface area contributed by atoms with Crippen LogP contribution in [0.3, 0.4) is 0 Å². The number of carbonyl (C=O) groups is 6. The highest BCUT2D eigenvalue weighted by Gasteiger charge is 2.61. The van der Waals surface area contributed by atoms with Gasteiger partial charge in [0, 0.05) is 0 Å². The Morgan fingerprint density at radius 3 is 0.773 bits per heavy atom. The molecule has 75 heavy (non-hydrogen) atoms. The molecule has 37 heteroatoms. The number of esters is 2. The monoisotopic (exact) mass is 1100 g/mol. The van der Waals surface area contributed by atoms with Gasteiger partial charge in [0.05, 0.1) is 14.2 Å². The molecule has 0 saturated carbocycles. The second kappa shape index (κ2) is 24.2. The van der Waals surface area contributed by atoms with Gasteiger partial charge in [0.2, 0.25) is 0 Å². The fourth-order valence-corrected chi connectivity index (χ4v) is 8.55. The maximum atomic E-state index is 12.5. The van der Waals surface area contributed by atoms with E-state index >= 15 is 0 Å². The molecule has 0 aromatic heterocycles. The number of hydrogen-bond acceptors (Lipinski definition) is 33. The van der Waals surface area contributed by atoms with Gasteiger partial charge < -0.3 is 153 Å². The van der Waals surface area contributed by atoms with Crippen molar-refractivity contribution in [2.24, 2.45) is 0 Å². The van der Waals surface area contributed by atoms with Gasteiger partial charge in [-0.15, -0.1) is 0 Å². The second-order valence-corrected chi connectivity index (χ2v) is 17.4. The van der Waals surface area contributed by atoms with Gasteiger partial charge in [-0.05, 0) is 0 Å². The molecule has 30 atom stereocenters. The molecule has 0 unspecified atom stereocenters. The van der Waals surface area contributed by atoms with E-state index < -0.39 is 220 Å². The Bertz CT molecular complexity index is 2030. The van der Waals surface area contributed by atoms with Gasteiger partial charge >= 0.3 is 35.8 Å². The van der Waals surface area contributed by atoms with Gasteiger partial charge in [0.1, 0.15) is 110 Å². The minimum atomic E-state index is -2.62. The number of aliphatic hydroxyl groups excluding tert-OH is 14. The maximum Gasteiger partial charge on any atom is 0.337 e. The molecule has 6 fully saturated rings. The molecule has 0 aromatic carbocycles. The molecule has 6 aliphatic rings. The second-order valence-electron chi connectivity index (χ2n) is 17.4. The molecular formula is C38H54O37. The lowest BCUT2D eigenvalue weighted by atomic mass is 9.95. The van der Waals surface area contributed by atoms with E-state index in [1.165, 1.54) is 0 Å². The number of aliphatic carboxylic acids is 4. The minimum absolute atomic E-state index is 0.842. The highest BCUT2D eigenvalue weighted by atomic mass is 16.8. The van der Waals surface area contributed by atoms with E-state index in [-0.39, 0.29) is 0 Å². The highest BCUT2D eigenvalue weighted by Crippen LogP contribution is 2.37. The number of ether oxygens (including phenoxy) is 13. The summed E-state index contributed by atoms with van der Waals surface area (Å²) in [5, 5.41) is 190. The molecule has 18 N–H and O–H groups in total. The summed E-state index contributed by atoms with van der Waals surface area (Å²) in [5.41, 5.74) is 0. The third kappa shape index (κ3) is 12.0. The van der Waals surface area contributed by atoms with Crippen molar-refractivity contribution in [1.29, 1.82) is 0 Å². The lowest BCUT2D eigenvalue weighted by Gasteiger charge is -2.48. The molecule has 0 aromatic rings. The topological polar surface area (TPSA) is 587 Å². The standard InChI is InChI=1S/C38H54O37/c1-63-32(61)21-4(40)3(39)11(47)34(71-21)66-16-6(42)12(48)35(72-22(16)27(52)53)67-17-7(43)13(49)36(73-23(17)28(54)55)68-18-8(44)14(50)37(74-24(18)29(56)57)69-19-9(45)15(51)38(75-25(19)30(58)59)70-20-5(41)10(46)31(60)65-26(20)33(62)64-2/h3-26,31,34-51,60H,1-2H3,(H,52,53)(H,54,55)(H,56,57)(H,58,59)/t3-,4+,5+,6+,7+,8+,9+,10+,11+,12+,13+,14+,15+,16+,17+,18+,19+,20+,21-,22-,23-,24-,25-,26-,31-,34-,35-,36-,37-,38-/m0/s1. The predicted octanol–water partition coefficient (Wildman–Crippen LogP) is -13.4. The normalized spacial score (nSPS) is 48.5. The largest absolute Gasteiger partial charge is 0.479 e. The van der Waals surface area contributed by atoms with E-state index in [4.69, 9.17) is 52.1 Å². The number of carboxylic acids is 4. The first-order valence-corrected chi connectivity index (χ1v) is 21.9. The average Bonchev–Trinajstić information content (AvgIpc) is 3.36. The lowest BCUT2D eigenvalue weighted by molar-refractivity contribution is -0.386. The Morgan fingerprint density at radius 1 is 0.280 bits per heavy atom. The van der Waals surface area contributed by atoms with Gasteiger partial charge in [-0.2, -0.15) is 0 Å². The van der Waals surface area contributed by atoms with Crippen LogP contribution in [-0.2, 0) is 90.3 Å². The summed E-state index contributed by atoms with van der Waals surface area (Å²) < 4.78 is 66.5.